The van der Waals surface area contributed by atoms with Crippen molar-refractivity contribution in [3.05, 3.63) is 0 Å². The summed E-state index contributed by atoms with van der Waals surface area (Å²) in [6, 6.07) is 0. The van der Waals surface area contributed by atoms with Crippen LogP contribution >= 0.6 is 11.8 Å². The molecule has 0 bridgehead atoms. The zero-order valence-corrected chi connectivity index (χ0v) is 37.3. The number of unbranched alkanes of at least 4 members (excludes halogenated alkanes) is 29. The van der Waals surface area contributed by atoms with Crippen LogP contribution in [0.3, 0.4) is 0 Å². The Morgan fingerprint density at radius 1 is 0.509 bits per heavy atom. The van der Waals surface area contributed by atoms with E-state index in [1.54, 1.807) is 0 Å². The normalized spacial score (nSPS) is 12.5. The van der Waals surface area contributed by atoms with Gasteiger partial charge in [0.05, 0.1) is 0 Å². The van der Waals surface area contributed by atoms with Gasteiger partial charge in [-0.15, -0.1) is 0 Å². The molecule has 2 atom stereocenters. The van der Waals surface area contributed by atoms with Gasteiger partial charge in [0, 0.05) is 18.1 Å². The van der Waals surface area contributed by atoms with Gasteiger partial charge in [-0.3, -0.25) is 9.59 Å². The van der Waals surface area contributed by atoms with Crippen LogP contribution < -0.4 is 0 Å². The van der Waals surface area contributed by atoms with E-state index in [0.29, 0.717) is 0 Å². The maximum absolute atomic E-state index is 12.7. The summed E-state index contributed by atoms with van der Waals surface area (Å²) >= 11 is 1.16. The van der Waals surface area contributed by atoms with E-state index in [-0.39, 0.29) is 18.1 Å². The molecule has 0 N–H and O–H groups in total. The summed E-state index contributed by atoms with van der Waals surface area (Å²) in [6.45, 7) is 8.48. The monoisotopic (exact) mass is 784 g/mol. The van der Waals surface area contributed by atoms with Gasteiger partial charge >= 0.3 is 9.53 Å². The summed E-state index contributed by atoms with van der Waals surface area (Å²) in [5, 5.41) is 11.3. The van der Waals surface area contributed by atoms with Crippen molar-refractivity contribution < 1.29 is 27.9 Å². The second-order valence-corrected chi connectivity index (χ2v) is 17.7. The van der Waals surface area contributed by atoms with Crippen molar-refractivity contribution >= 4 is 33.2 Å². The van der Waals surface area contributed by atoms with Gasteiger partial charge in [-0.1, -0.05) is 213 Å². The van der Waals surface area contributed by atoms with Crippen LogP contribution in [0.2, 0.25) is 0 Å². The molecule has 0 fully saturated rings. The molecule has 0 aliphatic rings. The molecule has 0 aliphatic carbocycles. The van der Waals surface area contributed by atoms with Crippen LogP contribution in [0, 0.1) is 10.7 Å². The Kier molecular flexibility index (Phi) is 41.2. The Bertz CT molecular complexity index is 795. The number of thioether (sulfide) groups is 1. The van der Waals surface area contributed by atoms with E-state index in [4.69, 9.17) is 18.3 Å². The Morgan fingerprint density at radius 2 is 0.811 bits per heavy atom. The van der Waals surface area contributed by atoms with Gasteiger partial charge in [-0.25, -0.2) is 9.46 Å². The number of nitriles is 1. The quantitative estimate of drug-likeness (QED) is 0.0199. The summed E-state index contributed by atoms with van der Waals surface area (Å²) in [7, 11) is -3.20. The first kappa shape index (κ1) is 51.9. The fourth-order valence-corrected chi connectivity index (χ4v) is 8.45. The standard InChI is InChI=1S/C44H85NO6SSi/c1-5-8-11-13-15-17-19-21-23-25-27-29-31-33-35-38-43(46)49-53(51-48-41(4)42(52-40-45)37-10-7-3)50-44(47)39-36-34-32-30-28-26-24-22-20-18-16-14-12-9-6-2/h41-42,53H,5-39H2,1-4H3. The Hall–Kier alpha value is -1.08. The van der Waals surface area contributed by atoms with Crippen molar-refractivity contribution in [1.29, 1.82) is 5.26 Å². The third-order valence-electron chi connectivity index (χ3n) is 10.3. The average molecular weight is 784 g/mol. The van der Waals surface area contributed by atoms with Crippen LogP contribution in [0.4, 0.5) is 0 Å². The SMILES string of the molecule is CCCCCCCCCCCCCCCCCC(=O)O[SiH](OOC(C)C(CCCC)SC#N)OC(=O)CCCCCCCCCCCCCCCCC. The largest absolute Gasteiger partial charge is 0.647 e. The van der Waals surface area contributed by atoms with Crippen LogP contribution in [-0.2, 0) is 27.9 Å². The molecule has 0 radical (unpaired) electrons. The zero-order chi connectivity index (χ0) is 38.9. The van der Waals surface area contributed by atoms with E-state index in [0.717, 1.165) is 69.5 Å². The number of carbonyl (C=O) groups excluding carboxylic acids is 2. The highest BCUT2D eigenvalue weighted by molar-refractivity contribution is 8.04. The first-order valence-corrected chi connectivity index (χ1v) is 25.0. The third kappa shape index (κ3) is 37.6. The molecule has 0 heterocycles. The summed E-state index contributed by atoms with van der Waals surface area (Å²) in [5.74, 6) is -0.803. The molecule has 0 aliphatic heterocycles. The van der Waals surface area contributed by atoms with Crippen molar-refractivity contribution in [3.63, 3.8) is 0 Å². The first-order chi connectivity index (χ1) is 26.0. The molecular weight excluding hydrogens is 699 g/mol. The summed E-state index contributed by atoms with van der Waals surface area (Å²) < 4.78 is 16.7. The maximum atomic E-state index is 12.7. The van der Waals surface area contributed by atoms with Gasteiger partial charge in [-0.05, 0) is 37.9 Å². The molecule has 0 aromatic rings. The lowest BCUT2D eigenvalue weighted by Gasteiger charge is -2.22. The van der Waals surface area contributed by atoms with Gasteiger partial charge in [-0.2, -0.15) is 5.26 Å². The van der Waals surface area contributed by atoms with E-state index in [9.17, 15) is 14.9 Å². The van der Waals surface area contributed by atoms with E-state index < -0.39 is 27.6 Å². The minimum atomic E-state index is -3.20. The van der Waals surface area contributed by atoms with Crippen molar-refractivity contribution in [2.45, 2.75) is 264 Å². The lowest BCUT2D eigenvalue weighted by Crippen LogP contribution is -2.35. The Balaban J connectivity index is 4.34. The minimum absolute atomic E-state index is 0.0818. The predicted molar refractivity (Wildman–Crippen MR) is 227 cm³/mol. The van der Waals surface area contributed by atoms with E-state index in [2.05, 4.69) is 26.2 Å². The van der Waals surface area contributed by atoms with Crippen LogP contribution in [-0.4, -0.2) is 32.8 Å². The molecule has 0 aromatic carbocycles. The van der Waals surface area contributed by atoms with Gasteiger partial charge in [0.2, 0.25) is 0 Å². The van der Waals surface area contributed by atoms with Crippen LogP contribution in [0.25, 0.3) is 0 Å². The molecule has 0 aromatic heterocycles. The lowest BCUT2D eigenvalue weighted by molar-refractivity contribution is -0.267. The Morgan fingerprint density at radius 3 is 1.11 bits per heavy atom. The fraction of sp³-hybridized carbons (Fsp3) is 0.932. The number of nitrogens with zero attached hydrogens (tertiary/aromatic N) is 1. The van der Waals surface area contributed by atoms with Crippen LogP contribution in [0.15, 0.2) is 0 Å². The highest BCUT2D eigenvalue weighted by Gasteiger charge is 2.29. The summed E-state index contributed by atoms with van der Waals surface area (Å²) in [6.07, 6.45) is 40.9. The maximum Gasteiger partial charge on any atom is 0.647 e. The molecule has 0 saturated carbocycles. The second kappa shape index (κ2) is 42.1. The Labute approximate surface area is 334 Å². The summed E-state index contributed by atoms with van der Waals surface area (Å²) in [4.78, 5) is 31.1. The van der Waals surface area contributed by atoms with Gasteiger partial charge in [0.25, 0.3) is 11.9 Å². The third-order valence-corrected chi connectivity index (χ3v) is 12.5. The van der Waals surface area contributed by atoms with E-state index >= 15 is 0 Å². The van der Waals surface area contributed by atoms with E-state index in [1.165, 1.54) is 154 Å². The number of hydrogen-bond acceptors (Lipinski definition) is 8. The molecule has 53 heavy (non-hydrogen) atoms. The minimum Gasteiger partial charge on any atom is -0.465 e. The van der Waals surface area contributed by atoms with Crippen molar-refractivity contribution in [2.75, 3.05) is 0 Å². The van der Waals surface area contributed by atoms with Gasteiger partial charge in [0.1, 0.15) is 11.5 Å². The molecule has 0 rings (SSSR count). The van der Waals surface area contributed by atoms with Crippen LogP contribution in [0.1, 0.15) is 252 Å². The van der Waals surface area contributed by atoms with Crippen molar-refractivity contribution in [1.82, 2.24) is 0 Å². The number of carbonyl (C=O) groups is 2. The van der Waals surface area contributed by atoms with Gasteiger partial charge < -0.3 is 8.85 Å². The molecular formula is C44H85NO6SSi. The predicted octanol–water partition coefficient (Wildman–Crippen LogP) is 14.4. The molecule has 0 saturated heterocycles. The molecule has 0 spiro atoms. The van der Waals surface area contributed by atoms with Gasteiger partial charge in [0.15, 0.2) is 0 Å². The average Bonchev–Trinajstić information content (AvgIpc) is 3.15. The fourth-order valence-electron chi connectivity index (χ4n) is 6.73. The highest BCUT2D eigenvalue weighted by atomic mass is 32.2. The molecule has 0 amide bonds. The smallest absolute Gasteiger partial charge is 0.465 e. The number of thiocyanates is 1. The molecule has 9 heteroatoms. The second-order valence-electron chi connectivity index (χ2n) is 15.5. The first-order valence-electron chi connectivity index (χ1n) is 22.7. The summed E-state index contributed by atoms with van der Waals surface area (Å²) in [5.41, 5.74) is 0. The topological polar surface area (TPSA) is 94.9 Å². The molecule has 7 nitrogen and oxygen atoms in total. The molecule has 312 valence electrons. The lowest BCUT2D eigenvalue weighted by atomic mass is 10.0. The number of hydrogen-bond donors (Lipinski definition) is 0. The number of rotatable bonds is 42. The molecule has 2 unspecified atom stereocenters. The van der Waals surface area contributed by atoms with Crippen molar-refractivity contribution in [2.24, 2.45) is 0 Å². The zero-order valence-electron chi connectivity index (χ0n) is 35.3. The van der Waals surface area contributed by atoms with Crippen LogP contribution in [0.5, 0.6) is 0 Å². The van der Waals surface area contributed by atoms with Crippen molar-refractivity contribution in [3.8, 4) is 5.40 Å². The highest BCUT2D eigenvalue weighted by Crippen LogP contribution is 2.23. The van der Waals surface area contributed by atoms with E-state index in [1.807, 2.05) is 6.92 Å².